The van der Waals surface area contributed by atoms with Gasteiger partial charge in [-0.2, -0.15) is 0 Å². The van der Waals surface area contributed by atoms with Gasteiger partial charge < -0.3 is 4.90 Å². The maximum Gasteiger partial charge on any atom is 0.212 e. The van der Waals surface area contributed by atoms with E-state index in [4.69, 9.17) is 0 Å². The van der Waals surface area contributed by atoms with Gasteiger partial charge in [0, 0.05) is 29.9 Å². The standard InChI is InChI=1S/C19H30NOS/c1-4-7-8-9-12-20(5-2)17-10-11-18-16(13-17)14-22(6-3)15-19(18)21/h10-11,13H,4-9,12,14-15H2,1-3H3/q+1. The third kappa shape index (κ3) is 4.28. The molecule has 1 unspecified atom stereocenters. The number of hydrogen-bond acceptors (Lipinski definition) is 2. The largest absolute Gasteiger partial charge is 0.372 e. The number of ketones is 1. The van der Waals surface area contributed by atoms with Crippen LogP contribution in [0.5, 0.6) is 0 Å². The van der Waals surface area contributed by atoms with Crippen molar-refractivity contribution in [3.05, 3.63) is 29.3 Å². The lowest BCUT2D eigenvalue weighted by molar-refractivity contribution is 0.102. The average Bonchev–Trinajstić information content (AvgIpc) is 2.54. The second kappa shape index (κ2) is 8.61. The maximum absolute atomic E-state index is 12.2. The van der Waals surface area contributed by atoms with Gasteiger partial charge in [0.05, 0.1) is 0 Å². The van der Waals surface area contributed by atoms with Gasteiger partial charge in [-0.25, -0.2) is 0 Å². The van der Waals surface area contributed by atoms with Crippen LogP contribution < -0.4 is 4.90 Å². The molecule has 0 spiro atoms. The number of carbonyl (C=O) groups excluding carboxylic acids is 1. The SMILES string of the molecule is CCCCCCN(CC)c1ccc2c(c1)C[S+](CC)CC2=O. The number of nitrogens with zero attached hydrogens (tertiary/aromatic N) is 1. The first-order chi connectivity index (χ1) is 10.7. The first kappa shape index (κ1) is 17.4. The third-order valence-corrected chi connectivity index (χ3v) is 6.73. The van der Waals surface area contributed by atoms with Crippen LogP contribution in [0.4, 0.5) is 5.69 Å². The van der Waals surface area contributed by atoms with Gasteiger partial charge in [0.25, 0.3) is 0 Å². The number of benzene rings is 1. The van der Waals surface area contributed by atoms with E-state index >= 15 is 0 Å². The summed E-state index contributed by atoms with van der Waals surface area (Å²) in [4.78, 5) is 14.7. The first-order valence-electron chi connectivity index (χ1n) is 8.74. The van der Waals surface area contributed by atoms with Gasteiger partial charge in [-0.1, -0.05) is 26.2 Å². The van der Waals surface area contributed by atoms with Crippen LogP contribution in [0.15, 0.2) is 18.2 Å². The molecule has 0 saturated carbocycles. The van der Waals surface area contributed by atoms with E-state index in [9.17, 15) is 4.79 Å². The Bertz CT molecular complexity index is 500. The molecule has 22 heavy (non-hydrogen) atoms. The number of rotatable bonds is 8. The molecule has 0 radical (unpaired) electrons. The summed E-state index contributed by atoms with van der Waals surface area (Å²) in [5, 5.41) is 0. The number of anilines is 1. The lowest BCUT2D eigenvalue weighted by Crippen LogP contribution is -2.28. The smallest absolute Gasteiger partial charge is 0.212 e. The molecule has 2 rings (SSSR count). The van der Waals surface area contributed by atoms with Gasteiger partial charge >= 0.3 is 0 Å². The fourth-order valence-corrected chi connectivity index (χ4v) is 4.82. The summed E-state index contributed by atoms with van der Waals surface area (Å²) >= 11 is 0. The van der Waals surface area contributed by atoms with E-state index in [2.05, 4.69) is 43.9 Å². The van der Waals surface area contributed by atoms with E-state index < -0.39 is 0 Å². The fourth-order valence-electron chi connectivity index (χ4n) is 3.11. The van der Waals surface area contributed by atoms with Gasteiger partial charge in [0.2, 0.25) is 5.78 Å². The van der Waals surface area contributed by atoms with Gasteiger partial charge in [0.15, 0.2) is 5.75 Å². The Morgan fingerprint density at radius 1 is 1.09 bits per heavy atom. The van der Waals surface area contributed by atoms with Crippen molar-refractivity contribution in [3.8, 4) is 0 Å². The molecule has 0 amide bonds. The minimum Gasteiger partial charge on any atom is -0.372 e. The zero-order valence-electron chi connectivity index (χ0n) is 14.4. The average molecular weight is 321 g/mol. The van der Waals surface area contributed by atoms with Crippen molar-refractivity contribution >= 4 is 22.4 Å². The van der Waals surface area contributed by atoms with Crippen molar-refractivity contribution in [3.63, 3.8) is 0 Å². The summed E-state index contributed by atoms with van der Waals surface area (Å²) in [6.45, 7) is 8.85. The van der Waals surface area contributed by atoms with Crippen LogP contribution >= 0.6 is 0 Å². The van der Waals surface area contributed by atoms with Crippen molar-refractivity contribution in [1.29, 1.82) is 0 Å². The van der Waals surface area contributed by atoms with E-state index in [-0.39, 0.29) is 10.9 Å². The first-order valence-corrected chi connectivity index (χ1v) is 10.5. The highest BCUT2D eigenvalue weighted by Gasteiger charge is 2.31. The summed E-state index contributed by atoms with van der Waals surface area (Å²) in [5.41, 5.74) is 3.56. The molecule has 1 atom stereocenters. The Balaban J connectivity index is 2.09. The van der Waals surface area contributed by atoms with Crippen molar-refractivity contribution in [1.82, 2.24) is 0 Å². The van der Waals surface area contributed by atoms with Crippen LogP contribution in [0.2, 0.25) is 0 Å². The molecule has 1 aliphatic rings. The molecule has 3 heteroatoms. The Morgan fingerprint density at radius 3 is 2.59 bits per heavy atom. The van der Waals surface area contributed by atoms with E-state index in [0.717, 1.165) is 35.9 Å². The fraction of sp³-hybridized carbons (Fsp3) is 0.632. The quantitative estimate of drug-likeness (QED) is 0.522. The Kier molecular flexibility index (Phi) is 6.81. The number of hydrogen-bond donors (Lipinski definition) is 0. The summed E-state index contributed by atoms with van der Waals surface area (Å²) in [6.07, 6.45) is 5.19. The minimum absolute atomic E-state index is 0.257. The topological polar surface area (TPSA) is 20.3 Å². The highest BCUT2D eigenvalue weighted by molar-refractivity contribution is 7.96. The van der Waals surface area contributed by atoms with Gasteiger partial charge in [0.1, 0.15) is 11.5 Å². The maximum atomic E-state index is 12.2. The number of carbonyl (C=O) groups is 1. The molecule has 1 heterocycles. The molecule has 0 N–H and O–H groups in total. The number of fused-ring (bicyclic) bond motifs is 1. The number of Topliss-reactive ketones (excluding diaryl/α,β-unsaturated/α-hetero) is 1. The molecular weight excluding hydrogens is 290 g/mol. The Hall–Kier alpha value is -0.960. The van der Waals surface area contributed by atoms with Crippen LogP contribution in [-0.4, -0.2) is 30.4 Å². The lowest BCUT2D eigenvalue weighted by Gasteiger charge is -2.25. The van der Waals surface area contributed by atoms with Crippen LogP contribution in [0.3, 0.4) is 0 Å². The van der Waals surface area contributed by atoms with Crippen molar-refractivity contribution in [2.75, 3.05) is 29.5 Å². The van der Waals surface area contributed by atoms with Crippen LogP contribution in [0, 0.1) is 0 Å². The molecule has 1 aromatic carbocycles. The van der Waals surface area contributed by atoms with E-state index in [1.54, 1.807) is 0 Å². The zero-order chi connectivity index (χ0) is 15.9. The molecule has 0 saturated heterocycles. The van der Waals surface area contributed by atoms with Crippen molar-refractivity contribution in [2.45, 2.75) is 52.2 Å². The summed E-state index contributed by atoms with van der Waals surface area (Å²) < 4.78 is 0. The monoisotopic (exact) mass is 320 g/mol. The molecular formula is C19H30NOS+. The van der Waals surface area contributed by atoms with E-state index in [0.29, 0.717) is 5.78 Å². The number of unbranched alkanes of at least 4 members (excludes halogenated alkanes) is 3. The molecule has 0 bridgehead atoms. The van der Waals surface area contributed by atoms with Crippen LogP contribution in [-0.2, 0) is 16.6 Å². The Labute approximate surface area is 138 Å². The molecule has 0 fully saturated rings. The highest BCUT2D eigenvalue weighted by atomic mass is 32.2. The van der Waals surface area contributed by atoms with Gasteiger partial charge in [-0.3, -0.25) is 4.79 Å². The molecule has 0 aliphatic carbocycles. The predicted octanol–water partition coefficient (Wildman–Crippen LogP) is 4.43. The zero-order valence-corrected chi connectivity index (χ0v) is 15.2. The molecule has 2 nitrogen and oxygen atoms in total. The molecule has 1 aliphatic heterocycles. The van der Waals surface area contributed by atoms with E-state index in [1.807, 2.05) is 0 Å². The van der Waals surface area contributed by atoms with E-state index in [1.165, 1.54) is 36.9 Å². The van der Waals surface area contributed by atoms with Crippen molar-refractivity contribution < 1.29 is 4.79 Å². The Morgan fingerprint density at radius 2 is 1.91 bits per heavy atom. The minimum atomic E-state index is 0.257. The van der Waals surface area contributed by atoms with Crippen LogP contribution in [0.25, 0.3) is 0 Å². The van der Waals surface area contributed by atoms with Crippen LogP contribution in [0.1, 0.15) is 62.4 Å². The molecule has 1 aromatic rings. The predicted molar refractivity (Wildman–Crippen MR) is 99.3 cm³/mol. The highest BCUT2D eigenvalue weighted by Crippen LogP contribution is 2.27. The second-order valence-electron chi connectivity index (χ2n) is 6.09. The second-order valence-corrected chi connectivity index (χ2v) is 8.47. The molecule has 122 valence electrons. The summed E-state index contributed by atoms with van der Waals surface area (Å²) in [5.74, 6) is 3.34. The van der Waals surface area contributed by atoms with Gasteiger partial charge in [-0.05, 0) is 49.4 Å². The third-order valence-electron chi connectivity index (χ3n) is 4.52. The molecule has 0 aromatic heterocycles. The van der Waals surface area contributed by atoms with Crippen molar-refractivity contribution in [2.24, 2.45) is 0 Å². The normalized spacial score (nSPS) is 17.4. The summed E-state index contributed by atoms with van der Waals surface area (Å²) in [6, 6.07) is 6.50. The lowest BCUT2D eigenvalue weighted by atomic mass is 10.0. The summed E-state index contributed by atoms with van der Waals surface area (Å²) in [7, 11) is 0.257. The van der Waals surface area contributed by atoms with Gasteiger partial charge in [-0.15, -0.1) is 0 Å².